The van der Waals surface area contributed by atoms with Crippen LogP contribution in [0.2, 0.25) is 0 Å². The van der Waals surface area contributed by atoms with Crippen LogP contribution in [0.3, 0.4) is 0 Å². The number of hydrogen-bond acceptors (Lipinski definition) is 2. The summed E-state index contributed by atoms with van der Waals surface area (Å²) in [6.45, 7) is 0. The van der Waals surface area contributed by atoms with Crippen molar-refractivity contribution >= 4 is 17.8 Å². The van der Waals surface area contributed by atoms with Crippen molar-refractivity contribution in [3.05, 3.63) is 60.7 Å². The summed E-state index contributed by atoms with van der Waals surface area (Å²) in [5, 5.41) is 12.3. The van der Waals surface area contributed by atoms with Gasteiger partial charge in [0.2, 0.25) is 0 Å². The molecule has 22 heavy (non-hydrogen) atoms. The first-order chi connectivity index (χ1) is 10.7. The Balaban J connectivity index is 1.95. The van der Waals surface area contributed by atoms with Crippen molar-refractivity contribution in [1.82, 2.24) is 0 Å². The molecular weight excluding hydrogens is 291 g/mol. The molecule has 1 aliphatic carbocycles. The third kappa shape index (κ3) is 3.19. The van der Waals surface area contributed by atoms with Gasteiger partial charge in [0.1, 0.15) is 7.14 Å². The zero-order valence-electron chi connectivity index (χ0n) is 12.8. The summed E-state index contributed by atoms with van der Waals surface area (Å²) in [5.41, 5.74) is 0. The molecule has 2 aromatic carbocycles. The molecule has 1 N–H and O–H groups in total. The van der Waals surface area contributed by atoms with Gasteiger partial charge in [-0.05, 0) is 18.8 Å². The van der Waals surface area contributed by atoms with Crippen molar-refractivity contribution in [2.24, 2.45) is 5.92 Å². The van der Waals surface area contributed by atoms with Crippen LogP contribution in [0, 0.1) is 5.92 Å². The first-order valence-corrected chi connectivity index (χ1v) is 9.98. The molecule has 0 amide bonds. The van der Waals surface area contributed by atoms with Gasteiger partial charge in [0.25, 0.3) is 0 Å². The highest BCUT2D eigenvalue weighted by atomic mass is 31.2. The second-order valence-corrected chi connectivity index (χ2v) is 9.08. The standard InChI is InChI=1S/C19H23O2P/c20-19(16-9-7-8-10-16)15-22(21,17-11-3-1-4-12-17)18-13-5-2-6-14-18/h1-6,11-14,16,19-20H,7-10,15H2/t19-/m1/s1. The Labute approximate surface area is 132 Å². The molecule has 0 bridgehead atoms. The molecular formula is C19H23O2P. The Morgan fingerprint density at radius 2 is 1.36 bits per heavy atom. The Kier molecular flexibility index (Phi) is 4.81. The topological polar surface area (TPSA) is 37.3 Å². The summed E-state index contributed by atoms with van der Waals surface area (Å²) < 4.78 is 13.8. The van der Waals surface area contributed by atoms with Crippen LogP contribution in [-0.2, 0) is 4.57 Å². The van der Waals surface area contributed by atoms with E-state index in [4.69, 9.17) is 0 Å². The minimum atomic E-state index is -2.78. The van der Waals surface area contributed by atoms with Gasteiger partial charge in [-0.15, -0.1) is 0 Å². The van der Waals surface area contributed by atoms with Crippen molar-refractivity contribution in [1.29, 1.82) is 0 Å². The van der Waals surface area contributed by atoms with Gasteiger partial charge < -0.3 is 9.67 Å². The highest BCUT2D eigenvalue weighted by Gasteiger charge is 2.34. The molecule has 0 saturated heterocycles. The van der Waals surface area contributed by atoms with Crippen LogP contribution in [0.1, 0.15) is 25.7 Å². The fourth-order valence-electron chi connectivity index (χ4n) is 3.45. The van der Waals surface area contributed by atoms with Crippen LogP contribution in [0.25, 0.3) is 0 Å². The van der Waals surface area contributed by atoms with E-state index in [9.17, 15) is 9.67 Å². The van der Waals surface area contributed by atoms with E-state index >= 15 is 0 Å². The fourth-order valence-corrected chi connectivity index (χ4v) is 6.30. The first-order valence-electron chi connectivity index (χ1n) is 8.08. The highest BCUT2D eigenvalue weighted by molar-refractivity contribution is 7.78. The molecule has 1 saturated carbocycles. The van der Waals surface area contributed by atoms with Crippen LogP contribution in [0.4, 0.5) is 0 Å². The van der Waals surface area contributed by atoms with E-state index in [1.165, 1.54) is 12.8 Å². The van der Waals surface area contributed by atoms with E-state index in [0.29, 0.717) is 12.1 Å². The van der Waals surface area contributed by atoms with E-state index in [-0.39, 0.29) is 0 Å². The van der Waals surface area contributed by atoms with Crippen LogP contribution in [0.5, 0.6) is 0 Å². The lowest BCUT2D eigenvalue weighted by atomic mass is 10.0. The molecule has 3 heteroatoms. The smallest absolute Gasteiger partial charge is 0.145 e. The minimum Gasteiger partial charge on any atom is -0.392 e. The van der Waals surface area contributed by atoms with Crippen molar-refractivity contribution in [3.8, 4) is 0 Å². The molecule has 2 aromatic rings. The van der Waals surface area contributed by atoms with Crippen molar-refractivity contribution in [2.75, 3.05) is 6.16 Å². The maximum atomic E-state index is 13.8. The molecule has 1 aliphatic rings. The average molecular weight is 314 g/mol. The van der Waals surface area contributed by atoms with Crippen LogP contribution >= 0.6 is 7.14 Å². The summed E-state index contributed by atoms with van der Waals surface area (Å²) in [4.78, 5) is 0. The van der Waals surface area contributed by atoms with Crippen molar-refractivity contribution < 1.29 is 9.67 Å². The fraction of sp³-hybridized carbons (Fsp3) is 0.368. The lowest BCUT2D eigenvalue weighted by molar-refractivity contribution is 0.132. The average Bonchev–Trinajstić information content (AvgIpc) is 3.11. The molecule has 1 atom stereocenters. The Morgan fingerprint density at radius 3 is 1.82 bits per heavy atom. The van der Waals surface area contributed by atoms with E-state index in [1.807, 2.05) is 60.7 Å². The second-order valence-electron chi connectivity index (χ2n) is 6.21. The number of hydrogen-bond donors (Lipinski definition) is 1. The maximum Gasteiger partial charge on any atom is 0.145 e. The van der Waals surface area contributed by atoms with Gasteiger partial charge in [0.05, 0.1) is 6.10 Å². The predicted molar refractivity (Wildman–Crippen MR) is 92.6 cm³/mol. The number of benzene rings is 2. The molecule has 2 nitrogen and oxygen atoms in total. The third-order valence-corrected chi connectivity index (χ3v) is 7.89. The van der Waals surface area contributed by atoms with Crippen LogP contribution in [0.15, 0.2) is 60.7 Å². The van der Waals surface area contributed by atoms with Crippen LogP contribution < -0.4 is 10.6 Å². The zero-order chi connectivity index (χ0) is 15.4. The molecule has 0 heterocycles. The lowest BCUT2D eigenvalue weighted by Crippen LogP contribution is -2.29. The Bertz CT molecular complexity index is 589. The van der Waals surface area contributed by atoms with E-state index in [2.05, 4.69) is 0 Å². The van der Waals surface area contributed by atoms with E-state index in [0.717, 1.165) is 23.5 Å². The number of aliphatic hydroxyl groups excluding tert-OH is 1. The van der Waals surface area contributed by atoms with Gasteiger partial charge >= 0.3 is 0 Å². The van der Waals surface area contributed by atoms with Gasteiger partial charge in [-0.3, -0.25) is 0 Å². The maximum absolute atomic E-state index is 13.8. The molecule has 1 fully saturated rings. The molecule has 0 spiro atoms. The summed E-state index contributed by atoms with van der Waals surface area (Å²) in [5.74, 6) is 0.306. The second kappa shape index (κ2) is 6.81. The molecule has 3 rings (SSSR count). The number of aliphatic hydroxyl groups is 1. The van der Waals surface area contributed by atoms with Gasteiger partial charge in [0.15, 0.2) is 0 Å². The lowest BCUT2D eigenvalue weighted by Gasteiger charge is -2.25. The largest absolute Gasteiger partial charge is 0.392 e. The molecule has 0 aliphatic heterocycles. The summed E-state index contributed by atoms with van der Waals surface area (Å²) in [6, 6.07) is 19.3. The van der Waals surface area contributed by atoms with Crippen molar-refractivity contribution in [3.63, 3.8) is 0 Å². The minimum absolute atomic E-state index is 0.306. The quantitative estimate of drug-likeness (QED) is 0.857. The third-order valence-electron chi connectivity index (χ3n) is 4.73. The van der Waals surface area contributed by atoms with Crippen molar-refractivity contribution in [2.45, 2.75) is 31.8 Å². The van der Waals surface area contributed by atoms with E-state index < -0.39 is 13.2 Å². The summed E-state index contributed by atoms with van der Waals surface area (Å²) >= 11 is 0. The Morgan fingerprint density at radius 1 is 0.909 bits per heavy atom. The molecule has 116 valence electrons. The predicted octanol–water partition coefficient (Wildman–Crippen LogP) is 3.55. The molecule has 0 unspecified atom stereocenters. The van der Waals surface area contributed by atoms with E-state index in [1.54, 1.807) is 0 Å². The van der Waals surface area contributed by atoms with Crippen LogP contribution in [-0.4, -0.2) is 17.4 Å². The first kappa shape index (κ1) is 15.5. The summed E-state index contributed by atoms with van der Waals surface area (Å²) in [6.07, 6.45) is 4.36. The summed E-state index contributed by atoms with van der Waals surface area (Å²) in [7, 11) is -2.78. The SMILES string of the molecule is O=P(C[C@@H](O)C1CCCC1)(c1ccccc1)c1ccccc1. The molecule has 0 radical (unpaired) electrons. The Hall–Kier alpha value is -1.37. The number of rotatable bonds is 5. The van der Waals surface area contributed by atoms with Gasteiger partial charge in [-0.2, -0.15) is 0 Å². The monoisotopic (exact) mass is 314 g/mol. The highest BCUT2D eigenvalue weighted by Crippen LogP contribution is 2.46. The zero-order valence-corrected chi connectivity index (χ0v) is 13.7. The normalized spacial score (nSPS) is 17.5. The van der Waals surface area contributed by atoms with Gasteiger partial charge in [-0.25, -0.2) is 0 Å². The molecule has 0 aromatic heterocycles. The van der Waals surface area contributed by atoms with Gasteiger partial charge in [-0.1, -0.05) is 73.5 Å². The van der Waals surface area contributed by atoms with Gasteiger partial charge in [0, 0.05) is 16.8 Å².